The van der Waals surface area contributed by atoms with E-state index >= 15 is 0 Å². The Morgan fingerprint density at radius 2 is 2.00 bits per heavy atom. The average molecular weight is 192 g/mol. The molecule has 14 heavy (non-hydrogen) atoms. The lowest BCUT2D eigenvalue weighted by atomic mass is 10.1. The third-order valence-corrected chi connectivity index (χ3v) is 2.19. The Morgan fingerprint density at radius 1 is 1.29 bits per heavy atom. The highest BCUT2D eigenvalue weighted by Crippen LogP contribution is 2.14. The van der Waals surface area contributed by atoms with Gasteiger partial charge in [0.15, 0.2) is 0 Å². The highest BCUT2D eigenvalue weighted by atomic mass is 19.1. The van der Waals surface area contributed by atoms with Crippen LogP contribution in [0.1, 0.15) is 11.1 Å². The fourth-order valence-corrected chi connectivity index (χ4v) is 1.41. The quantitative estimate of drug-likeness (QED) is 0.645. The van der Waals surface area contributed by atoms with E-state index < -0.39 is 5.95 Å². The van der Waals surface area contributed by atoms with Gasteiger partial charge in [-0.1, -0.05) is 0 Å². The minimum atomic E-state index is -0.575. The molecule has 1 N–H and O–H groups in total. The summed E-state index contributed by atoms with van der Waals surface area (Å²) in [6, 6.07) is 3.07. The van der Waals surface area contributed by atoms with Gasteiger partial charge < -0.3 is 4.98 Å². The minimum Gasteiger partial charge on any atom is -0.306 e. The van der Waals surface area contributed by atoms with Crippen molar-refractivity contribution in [1.82, 2.24) is 9.97 Å². The summed E-state index contributed by atoms with van der Waals surface area (Å²) in [5.74, 6) is -0.575. The van der Waals surface area contributed by atoms with Crippen molar-refractivity contribution in [2.45, 2.75) is 13.8 Å². The third-order valence-electron chi connectivity index (χ3n) is 2.19. The number of halogens is 1. The van der Waals surface area contributed by atoms with Gasteiger partial charge in [-0.25, -0.2) is 4.98 Å². The van der Waals surface area contributed by atoms with E-state index in [0.717, 1.165) is 10.9 Å². The molecule has 0 aliphatic rings. The molecule has 0 atom stereocenters. The zero-order valence-electron chi connectivity index (χ0n) is 7.89. The van der Waals surface area contributed by atoms with E-state index in [4.69, 9.17) is 0 Å². The number of fused-ring (bicyclic) bond motifs is 1. The lowest BCUT2D eigenvalue weighted by molar-refractivity contribution is 0.587. The molecule has 2 aromatic heterocycles. The Balaban J connectivity index is 2.96. The Morgan fingerprint density at radius 3 is 2.71 bits per heavy atom. The number of H-pyrrole nitrogens is 1. The van der Waals surface area contributed by atoms with Gasteiger partial charge in [-0.2, -0.15) is 4.39 Å². The Kier molecular flexibility index (Phi) is 1.84. The van der Waals surface area contributed by atoms with Crippen LogP contribution in [0.15, 0.2) is 16.9 Å². The Labute approximate surface area is 79.6 Å². The number of nitrogens with zero attached hydrogens (tertiary/aromatic N) is 1. The van der Waals surface area contributed by atoms with E-state index in [9.17, 15) is 9.18 Å². The molecule has 0 unspecified atom stereocenters. The molecule has 0 saturated carbocycles. The average Bonchev–Trinajstić information content (AvgIpc) is 2.08. The van der Waals surface area contributed by atoms with Crippen LogP contribution >= 0.6 is 0 Å². The maximum Gasteiger partial charge on any atom is 0.252 e. The van der Waals surface area contributed by atoms with Gasteiger partial charge >= 0.3 is 0 Å². The van der Waals surface area contributed by atoms with Crippen molar-refractivity contribution in [3.63, 3.8) is 0 Å². The summed E-state index contributed by atoms with van der Waals surface area (Å²) in [5, 5.41) is 0.781. The predicted molar refractivity (Wildman–Crippen MR) is 51.8 cm³/mol. The normalized spacial score (nSPS) is 10.8. The van der Waals surface area contributed by atoms with E-state index in [1.54, 1.807) is 19.9 Å². The molecule has 2 aromatic rings. The molecule has 0 radical (unpaired) electrons. The maximum absolute atomic E-state index is 12.9. The first-order chi connectivity index (χ1) is 6.58. The van der Waals surface area contributed by atoms with Gasteiger partial charge in [-0.3, -0.25) is 4.79 Å². The monoisotopic (exact) mass is 192 g/mol. The summed E-state index contributed by atoms with van der Waals surface area (Å²) in [6.07, 6.45) is 0. The van der Waals surface area contributed by atoms with E-state index in [1.165, 1.54) is 6.07 Å². The molecule has 0 aliphatic heterocycles. The van der Waals surface area contributed by atoms with Gasteiger partial charge in [-0.15, -0.1) is 0 Å². The van der Waals surface area contributed by atoms with Gasteiger partial charge in [0.05, 0.1) is 0 Å². The molecule has 0 bridgehead atoms. The summed E-state index contributed by atoms with van der Waals surface area (Å²) >= 11 is 0. The van der Waals surface area contributed by atoms with Crippen molar-refractivity contribution in [3.05, 3.63) is 39.6 Å². The fourth-order valence-electron chi connectivity index (χ4n) is 1.41. The molecule has 0 aromatic carbocycles. The maximum atomic E-state index is 12.9. The first-order valence-corrected chi connectivity index (χ1v) is 4.25. The van der Waals surface area contributed by atoms with Crippen molar-refractivity contribution in [2.75, 3.05) is 0 Å². The van der Waals surface area contributed by atoms with Crippen molar-refractivity contribution < 1.29 is 4.39 Å². The third kappa shape index (κ3) is 1.28. The number of aromatic nitrogens is 2. The fraction of sp³-hybridized carbons (Fsp3) is 0.200. The molecule has 0 amide bonds. The van der Waals surface area contributed by atoms with Crippen LogP contribution in [0, 0.1) is 19.8 Å². The number of hydrogen-bond acceptors (Lipinski definition) is 2. The van der Waals surface area contributed by atoms with Crippen LogP contribution in [-0.2, 0) is 0 Å². The smallest absolute Gasteiger partial charge is 0.252 e. The molecule has 0 spiro atoms. The first kappa shape index (κ1) is 8.87. The van der Waals surface area contributed by atoms with Crippen molar-refractivity contribution in [2.24, 2.45) is 0 Å². The van der Waals surface area contributed by atoms with Crippen LogP contribution in [0.4, 0.5) is 4.39 Å². The lowest BCUT2D eigenvalue weighted by Crippen LogP contribution is -2.10. The molecule has 0 aliphatic carbocycles. The van der Waals surface area contributed by atoms with Crippen LogP contribution in [0.2, 0.25) is 0 Å². The summed E-state index contributed by atoms with van der Waals surface area (Å²) in [6.45, 7) is 3.49. The second kappa shape index (κ2) is 2.90. The van der Waals surface area contributed by atoms with Crippen LogP contribution in [-0.4, -0.2) is 9.97 Å². The van der Waals surface area contributed by atoms with Gasteiger partial charge in [-0.05, 0) is 31.5 Å². The number of rotatable bonds is 0. The van der Waals surface area contributed by atoms with Gasteiger partial charge in [0.1, 0.15) is 5.65 Å². The van der Waals surface area contributed by atoms with Crippen molar-refractivity contribution in [1.29, 1.82) is 0 Å². The zero-order valence-corrected chi connectivity index (χ0v) is 7.89. The summed E-state index contributed by atoms with van der Waals surface area (Å²) in [7, 11) is 0. The number of aryl methyl sites for hydroxylation is 2. The number of nitrogens with one attached hydrogen (secondary N) is 1. The first-order valence-electron chi connectivity index (χ1n) is 4.25. The summed E-state index contributed by atoms with van der Waals surface area (Å²) < 4.78 is 12.9. The minimum absolute atomic E-state index is 0.227. The van der Waals surface area contributed by atoms with Crippen LogP contribution in [0.5, 0.6) is 0 Å². The molecule has 2 rings (SSSR count). The molecule has 2 heterocycles. The Bertz CT molecular complexity index is 560. The molecule has 0 saturated heterocycles. The van der Waals surface area contributed by atoms with Gasteiger partial charge in [0.2, 0.25) is 5.95 Å². The van der Waals surface area contributed by atoms with E-state index in [1.807, 2.05) is 0 Å². The summed E-state index contributed by atoms with van der Waals surface area (Å²) in [5.41, 5.74) is 1.45. The van der Waals surface area contributed by atoms with Gasteiger partial charge in [0, 0.05) is 10.9 Å². The number of hydrogen-bond donors (Lipinski definition) is 1. The SMILES string of the molecule is Cc1cc2c(C)cc(F)nc2[nH]c1=O. The second-order valence-electron chi connectivity index (χ2n) is 3.31. The van der Waals surface area contributed by atoms with Crippen molar-refractivity contribution in [3.8, 4) is 0 Å². The van der Waals surface area contributed by atoms with Crippen LogP contribution in [0.3, 0.4) is 0 Å². The topological polar surface area (TPSA) is 45.8 Å². The predicted octanol–water partition coefficient (Wildman–Crippen LogP) is 1.68. The Hall–Kier alpha value is -1.71. The van der Waals surface area contributed by atoms with Crippen molar-refractivity contribution >= 4 is 11.0 Å². The van der Waals surface area contributed by atoms with E-state index in [0.29, 0.717) is 11.2 Å². The molecule has 72 valence electrons. The molecular weight excluding hydrogens is 183 g/mol. The van der Waals surface area contributed by atoms with Crippen LogP contribution in [0.25, 0.3) is 11.0 Å². The van der Waals surface area contributed by atoms with E-state index in [-0.39, 0.29) is 5.56 Å². The highest BCUT2D eigenvalue weighted by Gasteiger charge is 2.04. The highest BCUT2D eigenvalue weighted by molar-refractivity contribution is 5.78. The number of pyridine rings is 2. The zero-order chi connectivity index (χ0) is 10.3. The largest absolute Gasteiger partial charge is 0.306 e. The lowest BCUT2D eigenvalue weighted by Gasteiger charge is -2.02. The second-order valence-corrected chi connectivity index (χ2v) is 3.31. The molecule has 3 nitrogen and oxygen atoms in total. The number of aromatic amines is 1. The summed E-state index contributed by atoms with van der Waals surface area (Å²) in [4.78, 5) is 17.4. The van der Waals surface area contributed by atoms with E-state index in [2.05, 4.69) is 9.97 Å². The standard InChI is InChI=1S/C10H9FN2O/c1-5-4-8(11)12-9-7(5)3-6(2)10(14)13-9/h3-4H,1-2H3,(H,12,13,14). The molecule has 4 heteroatoms. The van der Waals surface area contributed by atoms with Crippen LogP contribution < -0.4 is 5.56 Å². The van der Waals surface area contributed by atoms with Gasteiger partial charge in [0.25, 0.3) is 5.56 Å². The molecule has 0 fully saturated rings. The molecular formula is C10H9FN2O.